The van der Waals surface area contributed by atoms with E-state index in [9.17, 15) is 4.79 Å². The summed E-state index contributed by atoms with van der Waals surface area (Å²) in [6.45, 7) is 6.01. The quantitative estimate of drug-likeness (QED) is 0.671. The van der Waals surface area contributed by atoms with Gasteiger partial charge in [-0.25, -0.2) is 0 Å². The molecule has 0 aliphatic carbocycles. The van der Waals surface area contributed by atoms with Gasteiger partial charge in [-0.15, -0.1) is 0 Å². The number of rotatable bonds is 5. The molecule has 1 heterocycles. The Bertz CT molecular complexity index is 227. The third kappa shape index (κ3) is 2.72. The lowest BCUT2D eigenvalue weighted by molar-refractivity contribution is -0.134. The van der Waals surface area contributed by atoms with Crippen LogP contribution in [0, 0.1) is 0 Å². The summed E-state index contributed by atoms with van der Waals surface area (Å²) in [7, 11) is 1.61. The maximum atomic E-state index is 11.7. The first-order chi connectivity index (χ1) is 7.67. The number of carbonyl (C=O) groups is 1. The molecule has 0 spiro atoms. The van der Waals surface area contributed by atoms with Crippen molar-refractivity contribution in [3.05, 3.63) is 0 Å². The van der Waals surface area contributed by atoms with Gasteiger partial charge in [-0.1, -0.05) is 6.92 Å². The molecule has 0 aromatic heterocycles. The molecule has 0 aromatic carbocycles. The fourth-order valence-electron chi connectivity index (χ4n) is 2.33. The summed E-state index contributed by atoms with van der Waals surface area (Å²) >= 11 is 0. The Morgan fingerprint density at radius 3 is 2.81 bits per heavy atom. The van der Waals surface area contributed by atoms with E-state index in [1.165, 1.54) is 0 Å². The van der Waals surface area contributed by atoms with Crippen LogP contribution in [0.5, 0.6) is 0 Å². The van der Waals surface area contributed by atoms with Crippen molar-refractivity contribution in [2.75, 3.05) is 39.9 Å². The van der Waals surface area contributed by atoms with Gasteiger partial charge in [0, 0.05) is 26.7 Å². The van der Waals surface area contributed by atoms with Crippen LogP contribution < -0.4 is 11.1 Å². The molecule has 5 nitrogen and oxygen atoms in total. The van der Waals surface area contributed by atoms with Crippen LogP contribution in [0.4, 0.5) is 0 Å². The van der Waals surface area contributed by atoms with E-state index in [4.69, 9.17) is 10.5 Å². The minimum absolute atomic E-state index is 0.279. The molecule has 5 heteroatoms. The molecule has 0 saturated carbocycles. The molecule has 94 valence electrons. The summed E-state index contributed by atoms with van der Waals surface area (Å²) in [5.74, 6) is -0.279. The van der Waals surface area contributed by atoms with Gasteiger partial charge in [0.05, 0.1) is 6.61 Å². The van der Waals surface area contributed by atoms with Crippen LogP contribution in [0.1, 0.15) is 19.8 Å². The first-order valence-corrected chi connectivity index (χ1v) is 5.92. The van der Waals surface area contributed by atoms with Gasteiger partial charge in [0.25, 0.3) is 0 Å². The molecular weight excluding hydrogens is 206 g/mol. The first-order valence-electron chi connectivity index (χ1n) is 5.92. The Balaban J connectivity index is 2.83. The van der Waals surface area contributed by atoms with Crippen molar-refractivity contribution in [3.63, 3.8) is 0 Å². The molecule has 3 N–H and O–H groups in total. The van der Waals surface area contributed by atoms with Crippen molar-refractivity contribution in [3.8, 4) is 0 Å². The average Bonchev–Trinajstić information content (AvgIpc) is 2.54. The summed E-state index contributed by atoms with van der Waals surface area (Å²) < 4.78 is 5.19. The normalized spacial score (nSPS) is 22.4. The maximum Gasteiger partial charge on any atom is 0.240 e. The van der Waals surface area contributed by atoms with Crippen LogP contribution in [0.2, 0.25) is 0 Å². The summed E-state index contributed by atoms with van der Waals surface area (Å²) in [6.07, 6.45) is 1.73. The second kappa shape index (κ2) is 6.18. The number of ether oxygens (including phenoxy) is 1. The molecule has 1 fully saturated rings. The van der Waals surface area contributed by atoms with Crippen molar-refractivity contribution in [2.24, 2.45) is 5.73 Å². The van der Waals surface area contributed by atoms with E-state index in [0.717, 1.165) is 32.6 Å². The molecule has 1 atom stereocenters. The number of carbonyl (C=O) groups excluding carboxylic acids is 1. The number of hydrogen-bond acceptors (Lipinski definition) is 4. The fraction of sp³-hybridized carbons (Fsp3) is 0.909. The van der Waals surface area contributed by atoms with Crippen molar-refractivity contribution < 1.29 is 9.53 Å². The van der Waals surface area contributed by atoms with Gasteiger partial charge in [-0.3, -0.25) is 9.69 Å². The van der Waals surface area contributed by atoms with Crippen LogP contribution in [0.25, 0.3) is 0 Å². The van der Waals surface area contributed by atoms with E-state index in [0.29, 0.717) is 13.0 Å². The topological polar surface area (TPSA) is 67.6 Å². The lowest BCUT2D eigenvalue weighted by Gasteiger charge is -2.39. The van der Waals surface area contributed by atoms with Crippen LogP contribution in [-0.2, 0) is 9.53 Å². The number of primary amides is 1. The van der Waals surface area contributed by atoms with Gasteiger partial charge < -0.3 is 15.8 Å². The van der Waals surface area contributed by atoms with Gasteiger partial charge in [-0.2, -0.15) is 0 Å². The largest absolute Gasteiger partial charge is 0.382 e. The molecular formula is C11H23N3O2. The maximum absolute atomic E-state index is 11.7. The summed E-state index contributed by atoms with van der Waals surface area (Å²) in [6, 6.07) is 0. The zero-order valence-electron chi connectivity index (χ0n) is 10.3. The number of amides is 1. The van der Waals surface area contributed by atoms with Gasteiger partial charge in [0.2, 0.25) is 5.91 Å². The third-order valence-corrected chi connectivity index (χ3v) is 3.37. The number of hydrogen-bond donors (Lipinski definition) is 2. The summed E-state index contributed by atoms with van der Waals surface area (Å²) in [5.41, 5.74) is 4.93. The van der Waals surface area contributed by atoms with Gasteiger partial charge >= 0.3 is 0 Å². The molecule has 16 heavy (non-hydrogen) atoms. The highest BCUT2D eigenvalue weighted by Crippen LogP contribution is 2.21. The number of methoxy groups -OCH3 is 1. The Labute approximate surface area is 97.3 Å². The highest BCUT2D eigenvalue weighted by molar-refractivity contribution is 5.84. The molecule has 1 rings (SSSR count). The minimum Gasteiger partial charge on any atom is -0.382 e. The van der Waals surface area contributed by atoms with Crippen LogP contribution in [0.15, 0.2) is 0 Å². The Hall–Kier alpha value is -0.650. The predicted molar refractivity (Wildman–Crippen MR) is 63.2 cm³/mol. The van der Waals surface area contributed by atoms with Crippen molar-refractivity contribution >= 4 is 5.91 Å². The SMILES string of the molecule is CCC(COC)(C(N)=O)N1CCCNCC1. The number of nitrogens with two attached hydrogens (primary N) is 1. The Morgan fingerprint density at radius 1 is 1.50 bits per heavy atom. The van der Waals surface area contributed by atoms with E-state index in [1.54, 1.807) is 7.11 Å². The number of nitrogens with zero attached hydrogens (tertiary/aromatic N) is 1. The number of nitrogens with one attached hydrogen (secondary N) is 1. The van der Waals surface area contributed by atoms with Crippen LogP contribution in [-0.4, -0.2) is 56.2 Å². The monoisotopic (exact) mass is 229 g/mol. The second-order valence-electron chi connectivity index (χ2n) is 4.27. The van der Waals surface area contributed by atoms with E-state index in [1.807, 2.05) is 6.92 Å². The summed E-state index contributed by atoms with van der Waals surface area (Å²) in [5, 5.41) is 3.32. The Morgan fingerprint density at radius 2 is 2.25 bits per heavy atom. The average molecular weight is 229 g/mol. The molecule has 1 aliphatic heterocycles. The highest BCUT2D eigenvalue weighted by Gasteiger charge is 2.40. The van der Waals surface area contributed by atoms with Crippen LogP contribution >= 0.6 is 0 Å². The standard InChI is InChI=1S/C11H23N3O2/c1-3-11(9-16-2,10(12)15)14-7-4-5-13-6-8-14/h13H,3-9H2,1-2H3,(H2,12,15). The zero-order valence-corrected chi connectivity index (χ0v) is 10.3. The molecule has 0 aromatic rings. The highest BCUT2D eigenvalue weighted by atomic mass is 16.5. The van der Waals surface area contributed by atoms with Crippen molar-refractivity contribution in [2.45, 2.75) is 25.3 Å². The lowest BCUT2D eigenvalue weighted by atomic mass is 9.93. The molecule has 1 unspecified atom stereocenters. The van der Waals surface area contributed by atoms with E-state index in [2.05, 4.69) is 10.2 Å². The molecule has 0 bridgehead atoms. The molecule has 1 aliphatic rings. The van der Waals surface area contributed by atoms with Gasteiger partial charge in [-0.05, 0) is 19.4 Å². The summed E-state index contributed by atoms with van der Waals surface area (Å²) in [4.78, 5) is 13.9. The minimum atomic E-state index is -0.638. The van der Waals surface area contributed by atoms with E-state index < -0.39 is 5.54 Å². The molecule has 1 saturated heterocycles. The van der Waals surface area contributed by atoms with E-state index in [-0.39, 0.29) is 5.91 Å². The van der Waals surface area contributed by atoms with Crippen molar-refractivity contribution in [1.29, 1.82) is 0 Å². The second-order valence-corrected chi connectivity index (χ2v) is 4.27. The Kier molecular flexibility index (Phi) is 5.18. The molecule has 0 radical (unpaired) electrons. The van der Waals surface area contributed by atoms with Crippen LogP contribution in [0.3, 0.4) is 0 Å². The lowest BCUT2D eigenvalue weighted by Crippen LogP contribution is -2.60. The van der Waals surface area contributed by atoms with Gasteiger partial charge in [0.15, 0.2) is 0 Å². The van der Waals surface area contributed by atoms with Gasteiger partial charge in [0.1, 0.15) is 5.54 Å². The van der Waals surface area contributed by atoms with E-state index >= 15 is 0 Å². The predicted octanol–water partition coefficient (Wildman–Crippen LogP) is -0.438. The van der Waals surface area contributed by atoms with Crippen molar-refractivity contribution in [1.82, 2.24) is 10.2 Å². The first kappa shape index (κ1) is 13.4. The third-order valence-electron chi connectivity index (χ3n) is 3.37. The zero-order chi connectivity index (χ0) is 12.0. The smallest absolute Gasteiger partial charge is 0.240 e. The molecule has 1 amide bonds. The fourth-order valence-corrected chi connectivity index (χ4v) is 2.33.